The Bertz CT molecular complexity index is 1060. The van der Waals surface area contributed by atoms with Crippen LogP contribution in [-0.4, -0.2) is 75.7 Å². The van der Waals surface area contributed by atoms with Crippen molar-refractivity contribution in [1.82, 2.24) is 16.0 Å². The average molecular weight is 636 g/mol. The highest BCUT2D eigenvalue weighted by Crippen LogP contribution is 2.35. The van der Waals surface area contributed by atoms with Crippen LogP contribution >= 0.6 is 0 Å². The monoisotopic (exact) mass is 635 g/mol. The smallest absolute Gasteiger partial charge is 0.310 e. The number of esters is 3. The molecule has 10 nitrogen and oxygen atoms in total. The molecule has 0 radical (unpaired) electrons. The van der Waals surface area contributed by atoms with Crippen molar-refractivity contribution in [2.45, 2.75) is 186 Å². The third kappa shape index (κ3) is 11.6. The van der Waals surface area contributed by atoms with Gasteiger partial charge in [0.25, 0.3) is 0 Å². The summed E-state index contributed by atoms with van der Waals surface area (Å²) in [5.74, 6) is -4.08. The molecule has 0 bridgehead atoms. The number of piperidine rings is 3. The van der Waals surface area contributed by atoms with Gasteiger partial charge in [0, 0.05) is 77.7 Å². The molecule has 3 aliphatic heterocycles. The Morgan fingerprint density at radius 2 is 0.844 bits per heavy atom. The summed E-state index contributed by atoms with van der Waals surface area (Å²) in [4.78, 5) is 53.0. The highest BCUT2D eigenvalue weighted by Gasteiger charge is 2.44. The Balaban J connectivity index is 1.78. The van der Waals surface area contributed by atoms with E-state index in [9.17, 15) is 19.2 Å². The maximum atomic E-state index is 13.8. The van der Waals surface area contributed by atoms with Crippen molar-refractivity contribution >= 4 is 24.2 Å². The molecular weight excluding hydrogens is 574 g/mol. The molecule has 45 heavy (non-hydrogen) atoms. The van der Waals surface area contributed by atoms with E-state index in [4.69, 9.17) is 14.2 Å². The predicted octanol–water partition coefficient (Wildman–Crippen LogP) is 4.76. The molecule has 0 amide bonds. The number of carbonyl (C=O) groups excluding carboxylic acids is 4. The maximum Gasteiger partial charge on any atom is 0.310 e. The molecule has 2 unspecified atom stereocenters. The van der Waals surface area contributed by atoms with Crippen LogP contribution in [-0.2, 0) is 33.4 Å². The van der Waals surface area contributed by atoms with Crippen LogP contribution in [0, 0.1) is 11.8 Å². The van der Waals surface area contributed by atoms with Crippen molar-refractivity contribution < 1.29 is 33.4 Å². The van der Waals surface area contributed by atoms with Crippen LogP contribution in [0.4, 0.5) is 0 Å². The van der Waals surface area contributed by atoms with Crippen LogP contribution < -0.4 is 16.0 Å². The van der Waals surface area contributed by atoms with Gasteiger partial charge in [0.2, 0.25) is 0 Å². The lowest BCUT2D eigenvalue weighted by Gasteiger charge is -2.46. The van der Waals surface area contributed by atoms with E-state index in [1.54, 1.807) is 0 Å². The molecule has 3 fully saturated rings. The van der Waals surface area contributed by atoms with Gasteiger partial charge in [-0.3, -0.25) is 14.4 Å². The number of hydrogen-bond donors (Lipinski definition) is 3. The first-order chi connectivity index (χ1) is 20.3. The molecule has 3 N–H and O–H groups in total. The highest BCUT2D eigenvalue weighted by molar-refractivity contribution is 5.85. The van der Waals surface area contributed by atoms with E-state index in [-0.39, 0.29) is 58.3 Å². The third-order valence-electron chi connectivity index (χ3n) is 9.12. The lowest BCUT2D eigenvalue weighted by Crippen LogP contribution is -2.60. The summed E-state index contributed by atoms with van der Waals surface area (Å²) in [5.41, 5.74) is -1.51. The number of rotatable bonds is 10. The number of hydrogen-bond acceptors (Lipinski definition) is 10. The van der Waals surface area contributed by atoms with E-state index in [0.29, 0.717) is 44.8 Å². The summed E-state index contributed by atoms with van der Waals surface area (Å²) < 4.78 is 17.8. The zero-order chi connectivity index (χ0) is 34.2. The average Bonchev–Trinajstić information content (AvgIpc) is 2.74. The normalized spacial score (nSPS) is 27.0. The van der Waals surface area contributed by atoms with Crippen LogP contribution in [0.1, 0.15) is 134 Å². The molecule has 258 valence electrons. The van der Waals surface area contributed by atoms with Gasteiger partial charge in [-0.15, -0.1) is 0 Å². The molecule has 0 aromatic rings. The van der Waals surface area contributed by atoms with Gasteiger partial charge in [-0.1, -0.05) is 0 Å². The van der Waals surface area contributed by atoms with Gasteiger partial charge in [-0.25, -0.2) is 0 Å². The third-order valence-corrected chi connectivity index (χ3v) is 9.12. The van der Waals surface area contributed by atoms with Gasteiger partial charge in [-0.2, -0.15) is 0 Å². The van der Waals surface area contributed by atoms with Gasteiger partial charge in [-0.05, 0) is 83.1 Å². The van der Waals surface area contributed by atoms with Crippen molar-refractivity contribution in [2.75, 3.05) is 0 Å². The Morgan fingerprint density at radius 3 is 1.16 bits per heavy atom. The van der Waals surface area contributed by atoms with Crippen molar-refractivity contribution in [3.63, 3.8) is 0 Å². The molecule has 0 aromatic heterocycles. The Morgan fingerprint density at radius 1 is 0.556 bits per heavy atom. The molecule has 0 aromatic carbocycles. The fourth-order valence-corrected chi connectivity index (χ4v) is 8.72. The minimum atomic E-state index is -1.17. The predicted molar refractivity (Wildman–Crippen MR) is 174 cm³/mol. The largest absolute Gasteiger partial charge is 0.462 e. The zero-order valence-electron chi connectivity index (χ0n) is 30.0. The van der Waals surface area contributed by atoms with Gasteiger partial charge in [0.05, 0.1) is 18.8 Å². The summed E-state index contributed by atoms with van der Waals surface area (Å²) >= 11 is 0. The van der Waals surface area contributed by atoms with Crippen LogP contribution in [0.15, 0.2) is 0 Å². The molecule has 10 heteroatoms. The first-order valence-electron chi connectivity index (χ1n) is 16.7. The number of carbonyl (C=O) groups is 4. The summed E-state index contributed by atoms with van der Waals surface area (Å²) in [6, 6.07) is 0. The number of ether oxygens (including phenoxy) is 3. The molecule has 3 rings (SSSR count). The minimum Gasteiger partial charge on any atom is -0.462 e. The summed E-state index contributed by atoms with van der Waals surface area (Å²) in [7, 11) is 0. The molecule has 2 atom stereocenters. The summed E-state index contributed by atoms with van der Waals surface area (Å²) in [5, 5.41) is 10.7. The van der Waals surface area contributed by atoms with Crippen LogP contribution in [0.2, 0.25) is 0 Å². The van der Waals surface area contributed by atoms with E-state index in [1.807, 2.05) is 0 Å². The molecule has 3 heterocycles. The van der Waals surface area contributed by atoms with Crippen molar-refractivity contribution in [1.29, 1.82) is 0 Å². The number of aldehydes is 1. The van der Waals surface area contributed by atoms with Crippen molar-refractivity contribution in [3.05, 3.63) is 0 Å². The van der Waals surface area contributed by atoms with Gasteiger partial charge < -0.3 is 35.0 Å². The Hall–Kier alpha value is -2.04. The van der Waals surface area contributed by atoms with E-state index >= 15 is 0 Å². The zero-order valence-corrected chi connectivity index (χ0v) is 30.0. The van der Waals surface area contributed by atoms with Gasteiger partial charge in [0.1, 0.15) is 24.6 Å². The molecule has 3 saturated heterocycles. The molecule has 0 saturated carbocycles. The Kier molecular flexibility index (Phi) is 11.0. The lowest BCUT2D eigenvalue weighted by atomic mass is 9.80. The van der Waals surface area contributed by atoms with Gasteiger partial charge in [0.15, 0.2) is 0 Å². The topological polar surface area (TPSA) is 132 Å². The molecule has 3 aliphatic rings. The second-order valence-electron chi connectivity index (χ2n) is 18.0. The molecule has 0 aliphatic carbocycles. The highest BCUT2D eigenvalue weighted by atomic mass is 16.6. The van der Waals surface area contributed by atoms with Crippen LogP contribution in [0.5, 0.6) is 0 Å². The standard InChI is InChI=1S/C35H61N3O7/c1-30(2)15-23(16-31(3,4)36-30)43-27(40)13-22(21-39)26(29(42)45-25-19-34(9,10)38-35(11,12)20-25)14-28(41)44-24-17-32(5,6)37-33(7,8)18-24/h21-26,36-38H,13-20H2,1-12H3. The summed E-state index contributed by atoms with van der Waals surface area (Å²) in [6.45, 7) is 24.7. The van der Waals surface area contributed by atoms with E-state index in [2.05, 4.69) is 99.0 Å². The van der Waals surface area contributed by atoms with Crippen molar-refractivity contribution in [3.8, 4) is 0 Å². The summed E-state index contributed by atoms with van der Waals surface area (Å²) in [6.07, 6.45) is 2.44. The fourth-order valence-electron chi connectivity index (χ4n) is 8.72. The van der Waals surface area contributed by atoms with Crippen molar-refractivity contribution in [2.24, 2.45) is 11.8 Å². The van der Waals surface area contributed by atoms with E-state index in [0.717, 1.165) is 0 Å². The van der Waals surface area contributed by atoms with E-state index in [1.165, 1.54) is 0 Å². The molecule has 0 spiro atoms. The van der Waals surface area contributed by atoms with Crippen LogP contribution in [0.25, 0.3) is 0 Å². The minimum absolute atomic E-state index is 0.235. The Labute approximate surface area is 271 Å². The lowest BCUT2D eigenvalue weighted by molar-refractivity contribution is -0.169. The SMILES string of the molecule is CC1(C)CC(OC(=O)CC(C=O)C(CC(=O)OC2CC(C)(C)NC(C)(C)C2)C(=O)OC2CC(C)(C)NC(C)(C)C2)CC(C)(C)N1. The quantitative estimate of drug-likeness (QED) is 0.175. The molecular formula is C35H61N3O7. The van der Waals surface area contributed by atoms with Gasteiger partial charge >= 0.3 is 17.9 Å². The second kappa shape index (κ2) is 13.2. The van der Waals surface area contributed by atoms with Crippen LogP contribution in [0.3, 0.4) is 0 Å². The first kappa shape index (κ1) is 37.4. The fraction of sp³-hybridized carbons (Fsp3) is 0.886. The first-order valence-corrected chi connectivity index (χ1v) is 16.7. The maximum absolute atomic E-state index is 13.8. The number of nitrogens with one attached hydrogen (secondary N) is 3. The van der Waals surface area contributed by atoms with E-state index < -0.39 is 35.8 Å². The second-order valence-corrected chi connectivity index (χ2v) is 18.0.